The van der Waals surface area contributed by atoms with Crippen molar-refractivity contribution in [3.63, 3.8) is 0 Å². The van der Waals surface area contributed by atoms with Gasteiger partial charge in [-0.05, 0) is 123 Å². The third-order valence-electron chi connectivity index (χ3n) is 12.7. The largest absolute Gasteiger partial charge is 0.748 e. The summed E-state index contributed by atoms with van der Waals surface area (Å²) >= 11 is 0. The molecule has 11 nitrogen and oxygen atoms in total. The zero-order valence-electron chi connectivity index (χ0n) is 37.5. The molecule has 4 aromatic rings. The van der Waals surface area contributed by atoms with Crippen LogP contribution in [0.3, 0.4) is 0 Å². The van der Waals surface area contributed by atoms with Gasteiger partial charge in [0.25, 0.3) is 0 Å². The number of hydrogen-bond donors (Lipinski definition) is 0. The monoisotopic (exact) mass is 904 g/mol. The zero-order valence-corrected chi connectivity index (χ0v) is 39.2. The Hall–Kier alpha value is -5.47. The average molecular weight is 905 g/mol. The van der Waals surface area contributed by atoms with Crippen LogP contribution in [0.5, 0.6) is 11.5 Å². The van der Waals surface area contributed by atoms with Gasteiger partial charge in [-0.3, -0.25) is 0 Å². The van der Waals surface area contributed by atoms with Gasteiger partial charge in [0.1, 0.15) is 18.0 Å². The summed E-state index contributed by atoms with van der Waals surface area (Å²) < 4.78 is 82.6. The third-order valence-corrected chi connectivity index (χ3v) is 14.2. The predicted molar refractivity (Wildman–Crippen MR) is 253 cm³/mol. The smallest absolute Gasteiger partial charge is 0.210 e. The second-order valence-corrected chi connectivity index (χ2v) is 20.6. The molecule has 4 aromatic carbocycles. The molecule has 0 unspecified atom stereocenters. The fourth-order valence-electron chi connectivity index (χ4n) is 9.39. The highest BCUT2D eigenvalue weighted by Gasteiger charge is 2.45. The van der Waals surface area contributed by atoms with E-state index in [-0.39, 0.29) is 12.8 Å². The zero-order chi connectivity index (χ0) is 45.9. The molecule has 0 N–H and O–H groups in total. The van der Waals surface area contributed by atoms with Crippen molar-refractivity contribution in [3.8, 4) is 11.5 Å². The minimum atomic E-state index is -4.32. The number of methoxy groups -OCH3 is 2. The van der Waals surface area contributed by atoms with E-state index in [1.54, 1.807) is 14.2 Å². The topological polar surface area (TPSA) is 142 Å². The van der Waals surface area contributed by atoms with Crippen LogP contribution in [0.4, 0.5) is 22.7 Å². The van der Waals surface area contributed by atoms with Crippen LogP contribution >= 0.6 is 0 Å². The lowest BCUT2D eigenvalue weighted by molar-refractivity contribution is -0.438. The molecule has 1 aliphatic carbocycles. The lowest BCUT2D eigenvalue weighted by Gasteiger charge is -2.29. The summed E-state index contributed by atoms with van der Waals surface area (Å²) in [7, 11) is -5.34. The molecule has 0 aromatic heterocycles. The molecule has 0 saturated heterocycles. The number of benzene rings is 4. The van der Waals surface area contributed by atoms with Crippen molar-refractivity contribution in [2.75, 3.05) is 48.6 Å². The van der Waals surface area contributed by atoms with Gasteiger partial charge in [-0.15, -0.1) is 0 Å². The first kappa shape index (κ1) is 46.5. The molecule has 2 aliphatic heterocycles. The molecular formula is C51H58N3O8S2-. The van der Waals surface area contributed by atoms with Crippen molar-refractivity contribution in [2.24, 2.45) is 0 Å². The highest BCUT2D eigenvalue weighted by Crippen LogP contribution is 2.50. The average Bonchev–Trinajstić information content (AvgIpc) is 3.82. The van der Waals surface area contributed by atoms with Crippen LogP contribution in [-0.2, 0) is 31.1 Å². The maximum Gasteiger partial charge on any atom is 0.210 e. The van der Waals surface area contributed by atoms with Crippen molar-refractivity contribution >= 4 is 48.7 Å². The van der Waals surface area contributed by atoms with Gasteiger partial charge in [0.15, 0.2) is 5.71 Å². The normalized spacial score (nSPS) is 18.1. The number of allylic oxidation sites excluding steroid dienone is 7. The third kappa shape index (κ3) is 10.1. The number of ether oxygens (including phenoxy) is 2. The molecule has 3 aliphatic rings. The first-order chi connectivity index (χ1) is 30.4. The van der Waals surface area contributed by atoms with Crippen molar-refractivity contribution in [1.82, 2.24) is 0 Å². The van der Waals surface area contributed by atoms with Crippen molar-refractivity contribution in [2.45, 2.75) is 77.0 Å². The Kier molecular flexibility index (Phi) is 13.8. The van der Waals surface area contributed by atoms with Crippen molar-refractivity contribution < 1.29 is 40.0 Å². The predicted octanol–water partition coefficient (Wildman–Crippen LogP) is 9.78. The van der Waals surface area contributed by atoms with Crippen molar-refractivity contribution in [1.29, 1.82) is 0 Å². The Labute approximate surface area is 379 Å². The molecule has 0 spiro atoms. The maximum atomic E-state index is 11.5. The summed E-state index contributed by atoms with van der Waals surface area (Å²) in [5.74, 6) is 0.703. The Morgan fingerprint density at radius 3 is 1.86 bits per heavy atom. The number of anilines is 3. The van der Waals surface area contributed by atoms with Crippen LogP contribution in [0.1, 0.15) is 77.3 Å². The Balaban J connectivity index is 1.37. The number of hydrogen-bond acceptors (Lipinski definition) is 10. The van der Waals surface area contributed by atoms with Crippen LogP contribution in [0.15, 0.2) is 144 Å². The SMILES string of the molecule is COc1ccc2c(c1)C(C)(C)C(/C=C/C1=C(N(c3ccccc3)c3ccccc3)C(=C/C=C3/N(CCCCS(=O)(=O)[O-])c4ccc(OC)cc4C3(C)C)/CC1)=[N+]2CCCCS(=O)(=O)[O-]. The molecule has 0 bridgehead atoms. The van der Waals surface area contributed by atoms with Gasteiger partial charge in [0, 0.05) is 70.4 Å². The maximum absolute atomic E-state index is 11.5. The lowest BCUT2D eigenvalue weighted by atomic mass is 9.81. The molecule has 338 valence electrons. The molecule has 7 rings (SSSR count). The highest BCUT2D eigenvalue weighted by molar-refractivity contribution is 7.85. The summed E-state index contributed by atoms with van der Waals surface area (Å²) in [6.07, 6.45) is 12.0. The van der Waals surface area contributed by atoms with Gasteiger partial charge in [-0.1, -0.05) is 62.4 Å². The van der Waals surface area contributed by atoms with Crippen LogP contribution in [-0.4, -0.2) is 75.0 Å². The number of fused-ring (bicyclic) bond motifs is 2. The van der Waals surface area contributed by atoms with Crippen LogP contribution in [0.2, 0.25) is 0 Å². The standard InChI is InChI=1S/C51H59N3O8S2/c1-50(2)43-35-41(61-5)25-27-45(43)52(31-13-15-33-63(55,56)57)47(50)29-23-37-21-22-38(49(37)54(39-17-9-7-10-18-39)40-19-11-8-12-20-40)24-30-48-51(3,4)44-36-42(62-6)26-28-46(44)53(48)32-14-16-34-64(58,59)60/h7-12,17-20,23-30,35-36H,13-16,21-22,31-34H2,1-6H3,(H-,55,56,57,58,59,60)/p-1. The van der Waals surface area contributed by atoms with E-state index in [1.807, 2.05) is 48.5 Å². The highest BCUT2D eigenvalue weighted by atomic mass is 32.2. The summed E-state index contributed by atoms with van der Waals surface area (Å²) in [4.78, 5) is 4.57. The molecule has 0 saturated carbocycles. The first-order valence-corrected chi connectivity index (χ1v) is 25.0. The fraction of sp³-hybridized carbons (Fsp3) is 0.353. The van der Waals surface area contributed by atoms with E-state index in [0.29, 0.717) is 25.9 Å². The molecule has 2 heterocycles. The van der Waals surface area contributed by atoms with Gasteiger partial charge in [0.2, 0.25) is 5.69 Å². The van der Waals surface area contributed by atoms with E-state index in [0.717, 1.165) is 86.5 Å². The van der Waals surface area contributed by atoms with Gasteiger partial charge >= 0.3 is 0 Å². The molecular weight excluding hydrogens is 847 g/mol. The molecule has 0 amide bonds. The molecule has 64 heavy (non-hydrogen) atoms. The summed E-state index contributed by atoms with van der Waals surface area (Å²) in [6, 6.07) is 32.8. The molecule has 0 atom stereocenters. The van der Waals surface area contributed by atoms with Gasteiger partial charge < -0.3 is 28.4 Å². The van der Waals surface area contributed by atoms with Crippen LogP contribution in [0.25, 0.3) is 0 Å². The van der Waals surface area contributed by atoms with Crippen LogP contribution in [0, 0.1) is 0 Å². The second-order valence-electron chi connectivity index (χ2n) is 17.6. The minimum absolute atomic E-state index is 0.266. The number of nitrogens with zero attached hydrogens (tertiary/aromatic N) is 3. The molecule has 0 fully saturated rings. The van der Waals surface area contributed by atoms with E-state index < -0.39 is 42.6 Å². The summed E-state index contributed by atoms with van der Waals surface area (Å²) in [6.45, 7) is 9.84. The van der Waals surface area contributed by atoms with E-state index in [9.17, 15) is 25.9 Å². The minimum Gasteiger partial charge on any atom is -0.748 e. The number of para-hydroxylation sites is 2. The Bertz CT molecular complexity index is 2720. The second kappa shape index (κ2) is 18.9. The fourth-order valence-corrected chi connectivity index (χ4v) is 10.5. The number of rotatable bonds is 18. The van der Waals surface area contributed by atoms with Gasteiger partial charge in [-0.25, -0.2) is 16.8 Å². The Morgan fingerprint density at radius 2 is 1.27 bits per heavy atom. The quantitative estimate of drug-likeness (QED) is 0.0538. The summed E-state index contributed by atoms with van der Waals surface area (Å²) in [5, 5.41) is 0. The van der Waals surface area contributed by atoms with Gasteiger partial charge in [-0.2, -0.15) is 4.58 Å². The van der Waals surface area contributed by atoms with Crippen LogP contribution < -0.4 is 19.3 Å². The number of unbranched alkanes of at least 4 members (excludes halogenated alkanes) is 2. The van der Waals surface area contributed by atoms with E-state index in [1.165, 1.54) is 0 Å². The molecule has 0 radical (unpaired) electrons. The Morgan fingerprint density at radius 1 is 0.688 bits per heavy atom. The first-order valence-electron chi connectivity index (χ1n) is 21.8. The van der Waals surface area contributed by atoms with E-state index in [2.05, 4.69) is 115 Å². The van der Waals surface area contributed by atoms with Gasteiger partial charge in [0.05, 0.1) is 45.6 Å². The summed E-state index contributed by atoms with van der Waals surface area (Å²) in [5.41, 5.74) is 10.9. The van der Waals surface area contributed by atoms with E-state index in [4.69, 9.17) is 9.47 Å². The lowest BCUT2D eigenvalue weighted by Crippen LogP contribution is -2.28. The molecule has 13 heteroatoms. The van der Waals surface area contributed by atoms with E-state index >= 15 is 0 Å². The van der Waals surface area contributed by atoms with Crippen molar-refractivity contribution in [3.05, 3.63) is 155 Å².